The van der Waals surface area contributed by atoms with Gasteiger partial charge in [0.25, 0.3) is 0 Å². The van der Waals surface area contributed by atoms with E-state index in [-0.39, 0.29) is 23.8 Å². The molecule has 5 nitrogen and oxygen atoms in total. The fourth-order valence-electron chi connectivity index (χ4n) is 3.80. The van der Waals surface area contributed by atoms with E-state index in [1.165, 1.54) is 5.56 Å². The number of amides is 2. The van der Waals surface area contributed by atoms with Crippen LogP contribution in [0.2, 0.25) is 0 Å². The Kier molecular flexibility index (Phi) is 6.48. The summed E-state index contributed by atoms with van der Waals surface area (Å²) in [5.74, 6) is 0.347. The lowest BCUT2D eigenvalue weighted by molar-refractivity contribution is -0.121. The molecule has 2 aromatic rings. The van der Waals surface area contributed by atoms with Gasteiger partial charge < -0.3 is 15.0 Å². The van der Waals surface area contributed by atoms with Gasteiger partial charge in [-0.25, -0.2) is 0 Å². The number of benzene rings is 2. The molecule has 1 N–H and O–H groups in total. The third-order valence-corrected chi connectivity index (χ3v) is 5.82. The van der Waals surface area contributed by atoms with Crippen LogP contribution in [-0.2, 0) is 27.3 Å². The summed E-state index contributed by atoms with van der Waals surface area (Å²) in [4.78, 5) is 27.0. The number of hydrogen-bond acceptors (Lipinski definition) is 3. The predicted molar refractivity (Wildman–Crippen MR) is 117 cm³/mol. The summed E-state index contributed by atoms with van der Waals surface area (Å²) in [6, 6.07) is 16.1. The van der Waals surface area contributed by atoms with Crippen LogP contribution >= 0.6 is 0 Å². The molecule has 5 heteroatoms. The van der Waals surface area contributed by atoms with Crippen LogP contribution in [0.5, 0.6) is 0 Å². The number of nitrogens with one attached hydrogen (secondary N) is 1. The molecule has 2 fully saturated rings. The first-order chi connectivity index (χ1) is 14.6. The first-order valence-electron chi connectivity index (χ1n) is 10.9. The Labute approximate surface area is 178 Å². The molecule has 2 aliphatic rings. The van der Waals surface area contributed by atoms with E-state index in [0.29, 0.717) is 19.5 Å². The van der Waals surface area contributed by atoms with Crippen molar-refractivity contribution >= 4 is 17.5 Å². The first kappa shape index (κ1) is 20.6. The average molecular weight is 407 g/mol. The van der Waals surface area contributed by atoms with Gasteiger partial charge in [-0.3, -0.25) is 9.59 Å². The molecule has 1 saturated carbocycles. The van der Waals surface area contributed by atoms with Gasteiger partial charge in [0.1, 0.15) is 0 Å². The highest BCUT2D eigenvalue weighted by Gasteiger charge is 2.34. The molecule has 0 radical (unpaired) electrons. The van der Waals surface area contributed by atoms with Crippen molar-refractivity contribution in [3.63, 3.8) is 0 Å². The summed E-state index contributed by atoms with van der Waals surface area (Å²) in [6.45, 7) is 4.00. The second kappa shape index (κ2) is 9.43. The Morgan fingerprint density at radius 1 is 1.00 bits per heavy atom. The molecule has 4 rings (SSSR count). The van der Waals surface area contributed by atoms with Crippen LogP contribution in [0, 0.1) is 12.8 Å². The van der Waals surface area contributed by atoms with E-state index in [2.05, 4.69) is 36.5 Å². The highest BCUT2D eigenvalue weighted by atomic mass is 16.5. The fraction of sp³-hybridized carbons (Fsp3) is 0.440. The largest absolute Gasteiger partial charge is 0.376 e. The molecule has 1 heterocycles. The van der Waals surface area contributed by atoms with Crippen molar-refractivity contribution in [2.45, 2.75) is 51.7 Å². The Morgan fingerprint density at radius 3 is 2.33 bits per heavy atom. The SMILES string of the molecule is Cc1ccc(CN(C(=O)C2CC2)c2ccc(CC(=O)NC[C@@H]3CCCO3)cc2)cc1. The molecule has 1 aliphatic carbocycles. The number of carbonyl (C=O) groups is 2. The highest BCUT2D eigenvalue weighted by molar-refractivity contribution is 5.96. The molecule has 0 aromatic heterocycles. The highest BCUT2D eigenvalue weighted by Crippen LogP contribution is 2.33. The van der Waals surface area contributed by atoms with Gasteiger partial charge in [0, 0.05) is 24.8 Å². The van der Waals surface area contributed by atoms with Crippen LogP contribution in [0.1, 0.15) is 42.4 Å². The molecule has 1 atom stereocenters. The van der Waals surface area contributed by atoms with E-state index in [1.54, 1.807) is 0 Å². The van der Waals surface area contributed by atoms with Crippen molar-refractivity contribution in [3.05, 3.63) is 65.2 Å². The number of nitrogens with zero attached hydrogens (tertiary/aromatic N) is 1. The minimum Gasteiger partial charge on any atom is -0.376 e. The smallest absolute Gasteiger partial charge is 0.230 e. The Morgan fingerprint density at radius 2 is 1.70 bits per heavy atom. The van der Waals surface area contributed by atoms with Crippen LogP contribution in [0.3, 0.4) is 0 Å². The van der Waals surface area contributed by atoms with Crippen LogP contribution < -0.4 is 10.2 Å². The minimum absolute atomic E-state index is 0.00354. The quantitative estimate of drug-likeness (QED) is 0.726. The molecule has 0 bridgehead atoms. The van der Waals surface area contributed by atoms with Crippen LogP contribution in [-0.4, -0.2) is 31.1 Å². The van der Waals surface area contributed by atoms with Gasteiger partial charge in [0.05, 0.1) is 19.1 Å². The van der Waals surface area contributed by atoms with Gasteiger partial charge in [0.2, 0.25) is 11.8 Å². The van der Waals surface area contributed by atoms with E-state index < -0.39 is 0 Å². The van der Waals surface area contributed by atoms with Crippen LogP contribution in [0.4, 0.5) is 5.69 Å². The number of hydrogen-bond donors (Lipinski definition) is 1. The summed E-state index contributed by atoms with van der Waals surface area (Å²) in [6.07, 6.45) is 4.53. The summed E-state index contributed by atoms with van der Waals surface area (Å²) in [5.41, 5.74) is 4.15. The molecule has 1 aliphatic heterocycles. The molecule has 158 valence electrons. The minimum atomic E-state index is 0.00354. The lowest BCUT2D eigenvalue weighted by Crippen LogP contribution is -2.33. The predicted octanol–water partition coefficient (Wildman–Crippen LogP) is 3.78. The number of anilines is 1. The molecule has 1 saturated heterocycles. The van der Waals surface area contributed by atoms with Gasteiger partial charge in [-0.1, -0.05) is 42.0 Å². The normalized spacial score (nSPS) is 18.2. The second-order valence-electron chi connectivity index (χ2n) is 8.47. The van der Waals surface area contributed by atoms with Gasteiger partial charge >= 0.3 is 0 Å². The zero-order valence-corrected chi connectivity index (χ0v) is 17.6. The summed E-state index contributed by atoms with van der Waals surface area (Å²) in [7, 11) is 0. The number of ether oxygens (including phenoxy) is 1. The van der Waals surface area contributed by atoms with Crippen molar-refractivity contribution in [2.75, 3.05) is 18.1 Å². The summed E-state index contributed by atoms with van der Waals surface area (Å²) in [5, 5.41) is 2.96. The fourth-order valence-corrected chi connectivity index (χ4v) is 3.80. The van der Waals surface area contributed by atoms with E-state index in [1.807, 2.05) is 29.2 Å². The van der Waals surface area contributed by atoms with Crippen LogP contribution in [0.15, 0.2) is 48.5 Å². The number of rotatable bonds is 8. The third kappa shape index (κ3) is 5.48. The lowest BCUT2D eigenvalue weighted by atomic mass is 10.1. The third-order valence-electron chi connectivity index (χ3n) is 5.82. The summed E-state index contributed by atoms with van der Waals surface area (Å²) < 4.78 is 5.55. The van der Waals surface area contributed by atoms with Crippen molar-refractivity contribution < 1.29 is 14.3 Å². The van der Waals surface area contributed by atoms with E-state index in [9.17, 15) is 9.59 Å². The average Bonchev–Trinajstić information content (AvgIpc) is 3.48. The molecule has 2 amide bonds. The van der Waals surface area contributed by atoms with Crippen molar-refractivity contribution in [3.8, 4) is 0 Å². The first-order valence-corrected chi connectivity index (χ1v) is 10.9. The number of aryl methyl sites for hydroxylation is 1. The topological polar surface area (TPSA) is 58.6 Å². The van der Waals surface area contributed by atoms with E-state index >= 15 is 0 Å². The van der Waals surface area contributed by atoms with Gasteiger partial charge in [-0.05, 0) is 55.9 Å². The van der Waals surface area contributed by atoms with E-state index in [4.69, 9.17) is 4.74 Å². The maximum absolute atomic E-state index is 12.9. The Balaban J connectivity index is 1.39. The monoisotopic (exact) mass is 406 g/mol. The van der Waals surface area contributed by atoms with Crippen LogP contribution in [0.25, 0.3) is 0 Å². The molecular weight excluding hydrogens is 376 g/mol. The molecule has 2 aromatic carbocycles. The van der Waals surface area contributed by atoms with Gasteiger partial charge in [-0.15, -0.1) is 0 Å². The second-order valence-corrected chi connectivity index (χ2v) is 8.47. The molecule has 0 spiro atoms. The Bertz CT molecular complexity index is 866. The standard InChI is InChI=1S/C25H30N2O3/c1-18-4-6-20(7-5-18)17-27(25(29)21-10-11-21)22-12-8-19(9-13-22)15-24(28)26-16-23-3-2-14-30-23/h4-9,12-13,21,23H,2-3,10-11,14-17H2,1H3,(H,26,28)/t23-/m0/s1. The summed E-state index contributed by atoms with van der Waals surface area (Å²) >= 11 is 0. The zero-order chi connectivity index (χ0) is 20.9. The van der Waals surface area contributed by atoms with Gasteiger partial charge in [-0.2, -0.15) is 0 Å². The van der Waals surface area contributed by atoms with Crippen molar-refractivity contribution in [2.24, 2.45) is 5.92 Å². The van der Waals surface area contributed by atoms with Crippen molar-refractivity contribution in [1.82, 2.24) is 5.32 Å². The molecular formula is C25H30N2O3. The lowest BCUT2D eigenvalue weighted by Gasteiger charge is -2.23. The Hall–Kier alpha value is -2.66. The van der Waals surface area contributed by atoms with Crippen molar-refractivity contribution in [1.29, 1.82) is 0 Å². The van der Waals surface area contributed by atoms with Gasteiger partial charge in [0.15, 0.2) is 0 Å². The maximum atomic E-state index is 12.9. The number of carbonyl (C=O) groups excluding carboxylic acids is 2. The van der Waals surface area contributed by atoms with E-state index in [0.717, 1.165) is 49.1 Å². The zero-order valence-electron chi connectivity index (χ0n) is 17.6. The molecule has 0 unspecified atom stereocenters. The maximum Gasteiger partial charge on any atom is 0.230 e. The molecule has 30 heavy (non-hydrogen) atoms.